The van der Waals surface area contributed by atoms with E-state index in [1.807, 2.05) is 13.8 Å². The number of nitrogens with two attached hydrogens (primary N) is 1. The molecule has 0 aromatic carbocycles. The minimum absolute atomic E-state index is 0.580. The molecule has 5 nitrogen and oxygen atoms in total. The summed E-state index contributed by atoms with van der Waals surface area (Å²) in [7, 11) is 2.07. The van der Waals surface area contributed by atoms with Crippen LogP contribution in [0, 0.1) is 19.8 Å². The number of hydrogen-bond donors (Lipinski definition) is 1. The molecule has 0 saturated carbocycles. The van der Waals surface area contributed by atoms with Crippen LogP contribution in [0.3, 0.4) is 0 Å². The zero-order valence-corrected chi connectivity index (χ0v) is 11.4. The number of ether oxygens (including phenoxy) is 1. The second kappa shape index (κ2) is 5.52. The van der Waals surface area contributed by atoms with Crippen molar-refractivity contribution in [3.63, 3.8) is 0 Å². The van der Waals surface area contributed by atoms with Crippen molar-refractivity contribution in [1.82, 2.24) is 9.97 Å². The topological polar surface area (TPSA) is 64.3 Å². The van der Waals surface area contributed by atoms with Gasteiger partial charge in [-0.05, 0) is 32.6 Å². The molecule has 1 aliphatic heterocycles. The highest BCUT2D eigenvalue weighted by atomic mass is 16.5. The molecule has 18 heavy (non-hydrogen) atoms. The maximum Gasteiger partial charge on any atom is 0.137 e. The van der Waals surface area contributed by atoms with Gasteiger partial charge in [-0.2, -0.15) is 0 Å². The van der Waals surface area contributed by atoms with Crippen molar-refractivity contribution in [3.05, 3.63) is 11.4 Å². The summed E-state index contributed by atoms with van der Waals surface area (Å²) in [5, 5.41) is 0. The largest absolute Gasteiger partial charge is 0.383 e. The molecule has 0 amide bonds. The maximum atomic E-state index is 5.89. The van der Waals surface area contributed by atoms with Gasteiger partial charge in [0.1, 0.15) is 17.5 Å². The predicted molar refractivity (Wildman–Crippen MR) is 72.7 cm³/mol. The molecule has 5 heteroatoms. The van der Waals surface area contributed by atoms with E-state index >= 15 is 0 Å². The van der Waals surface area contributed by atoms with E-state index in [2.05, 4.69) is 21.9 Å². The quantitative estimate of drug-likeness (QED) is 0.881. The van der Waals surface area contributed by atoms with Crippen LogP contribution in [-0.4, -0.2) is 36.8 Å². The van der Waals surface area contributed by atoms with E-state index in [4.69, 9.17) is 10.5 Å². The molecule has 0 radical (unpaired) electrons. The molecule has 0 aliphatic carbocycles. The molecule has 0 unspecified atom stereocenters. The van der Waals surface area contributed by atoms with Gasteiger partial charge in [-0.25, -0.2) is 9.97 Å². The van der Waals surface area contributed by atoms with Crippen LogP contribution in [-0.2, 0) is 4.74 Å². The van der Waals surface area contributed by atoms with Gasteiger partial charge in [-0.3, -0.25) is 0 Å². The second-order valence-electron chi connectivity index (χ2n) is 5.04. The van der Waals surface area contributed by atoms with Gasteiger partial charge in [0.2, 0.25) is 0 Å². The first-order valence-electron chi connectivity index (χ1n) is 6.47. The van der Waals surface area contributed by atoms with Crippen LogP contribution >= 0.6 is 0 Å². The van der Waals surface area contributed by atoms with Gasteiger partial charge < -0.3 is 15.4 Å². The molecule has 2 N–H and O–H groups in total. The molecule has 1 aromatic rings. The molecule has 0 bridgehead atoms. The minimum atomic E-state index is 0.580. The van der Waals surface area contributed by atoms with Crippen LogP contribution in [0.25, 0.3) is 0 Å². The van der Waals surface area contributed by atoms with E-state index < -0.39 is 0 Å². The standard InChI is InChI=1S/C13H22N4O/c1-9-12(14)15-10(2)16-13(9)17(3)8-11-4-6-18-7-5-11/h11H,4-8H2,1-3H3,(H2,14,15,16). The predicted octanol–water partition coefficient (Wildman–Crippen LogP) is 1.54. The SMILES string of the molecule is Cc1nc(N)c(C)c(N(C)CC2CCOCC2)n1. The zero-order chi connectivity index (χ0) is 13.1. The van der Waals surface area contributed by atoms with Crippen LogP contribution in [0.1, 0.15) is 24.2 Å². The number of aryl methyl sites for hydroxylation is 1. The molecule has 1 fully saturated rings. The lowest BCUT2D eigenvalue weighted by Gasteiger charge is -2.28. The first-order valence-corrected chi connectivity index (χ1v) is 6.47. The maximum absolute atomic E-state index is 5.89. The molecular weight excluding hydrogens is 228 g/mol. The summed E-state index contributed by atoms with van der Waals surface area (Å²) in [6, 6.07) is 0. The van der Waals surface area contributed by atoms with Gasteiger partial charge in [-0.1, -0.05) is 0 Å². The fourth-order valence-corrected chi connectivity index (χ4v) is 2.41. The van der Waals surface area contributed by atoms with Crippen molar-refractivity contribution in [1.29, 1.82) is 0 Å². The van der Waals surface area contributed by atoms with Crippen molar-refractivity contribution in [2.45, 2.75) is 26.7 Å². The summed E-state index contributed by atoms with van der Waals surface area (Å²) >= 11 is 0. The third kappa shape index (κ3) is 2.90. The average molecular weight is 250 g/mol. The van der Waals surface area contributed by atoms with E-state index in [9.17, 15) is 0 Å². The van der Waals surface area contributed by atoms with Gasteiger partial charge in [0.25, 0.3) is 0 Å². The Bertz CT molecular complexity index is 416. The summed E-state index contributed by atoms with van der Waals surface area (Å²) < 4.78 is 5.38. The van der Waals surface area contributed by atoms with Crippen molar-refractivity contribution in [2.24, 2.45) is 5.92 Å². The van der Waals surface area contributed by atoms with Gasteiger partial charge in [0.15, 0.2) is 0 Å². The average Bonchev–Trinajstić information content (AvgIpc) is 2.35. The zero-order valence-electron chi connectivity index (χ0n) is 11.4. The Kier molecular flexibility index (Phi) is 4.01. The molecule has 2 rings (SSSR count). The van der Waals surface area contributed by atoms with E-state index in [0.717, 1.165) is 49.8 Å². The number of hydrogen-bond acceptors (Lipinski definition) is 5. The van der Waals surface area contributed by atoms with E-state index in [1.165, 1.54) is 0 Å². The summed E-state index contributed by atoms with van der Waals surface area (Å²) in [5.41, 5.74) is 6.86. The first kappa shape index (κ1) is 13.1. The smallest absolute Gasteiger partial charge is 0.137 e. The van der Waals surface area contributed by atoms with Crippen LogP contribution in [0.5, 0.6) is 0 Å². The Morgan fingerprint density at radius 2 is 1.94 bits per heavy atom. The van der Waals surface area contributed by atoms with Gasteiger partial charge in [0, 0.05) is 32.4 Å². The third-order valence-corrected chi connectivity index (χ3v) is 3.50. The molecule has 0 atom stereocenters. The number of nitrogen functional groups attached to an aromatic ring is 1. The Labute approximate surface area is 108 Å². The van der Waals surface area contributed by atoms with Crippen LogP contribution in [0.4, 0.5) is 11.6 Å². The van der Waals surface area contributed by atoms with E-state index in [-0.39, 0.29) is 0 Å². The highest BCUT2D eigenvalue weighted by molar-refractivity contribution is 5.56. The Morgan fingerprint density at radius 1 is 1.28 bits per heavy atom. The molecule has 100 valence electrons. The highest BCUT2D eigenvalue weighted by Gasteiger charge is 2.18. The Balaban J connectivity index is 2.10. The summed E-state index contributed by atoms with van der Waals surface area (Å²) in [6.45, 7) is 6.61. The number of anilines is 2. The van der Waals surface area contributed by atoms with Gasteiger partial charge >= 0.3 is 0 Å². The second-order valence-corrected chi connectivity index (χ2v) is 5.04. The van der Waals surface area contributed by atoms with E-state index in [0.29, 0.717) is 11.7 Å². The summed E-state index contributed by atoms with van der Waals surface area (Å²) in [5.74, 6) is 2.94. The Hall–Kier alpha value is -1.36. The van der Waals surface area contributed by atoms with Gasteiger partial charge in [0.05, 0.1) is 0 Å². The summed E-state index contributed by atoms with van der Waals surface area (Å²) in [4.78, 5) is 10.9. The number of nitrogens with zero attached hydrogens (tertiary/aromatic N) is 3. The number of rotatable bonds is 3. The van der Waals surface area contributed by atoms with Crippen molar-refractivity contribution < 1.29 is 4.74 Å². The Morgan fingerprint density at radius 3 is 2.61 bits per heavy atom. The fourth-order valence-electron chi connectivity index (χ4n) is 2.41. The first-order chi connectivity index (χ1) is 8.58. The van der Waals surface area contributed by atoms with Crippen LogP contribution in [0.2, 0.25) is 0 Å². The molecule has 1 aromatic heterocycles. The van der Waals surface area contributed by atoms with Crippen LogP contribution in [0.15, 0.2) is 0 Å². The summed E-state index contributed by atoms with van der Waals surface area (Å²) in [6.07, 6.45) is 2.26. The lowest BCUT2D eigenvalue weighted by atomic mass is 10.00. The van der Waals surface area contributed by atoms with Crippen molar-refractivity contribution in [3.8, 4) is 0 Å². The normalized spacial score (nSPS) is 16.8. The molecule has 0 spiro atoms. The molecule has 1 saturated heterocycles. The van der Waals surface area contributed by atoms with Crippen molar-refractivity contribution in [2.75, 3.05) is 37.4 Å². The van der Waals surface area contributed by atoms with Crippen molar-refractivity contribution >= 4 is 11.6 Å². The monoisotopic (exact) mass is 250 g/mol. The van der Waals surface area contributed by atoms with E-state index in [1.54, 1.807) is 0 Å². The third-order valence-electron chi connectivity index (χ3n) is 3.50. The minimum Gasteiger partial charge on any atom is -0.383 e. The fraction of sp³-hybridized carbons (Fsp3) is 0.692. The molecular formula is C13H22N4O. The highest BCUT2D eigenvalue weighted by Crippen LogP contribution is 2.23. The lowest BCUT2D eigenvalue weighted by molar-refractivity contribution is 0.0685. The lowest BCUT2D eigenvalue weighted by Crippen LogP contribution is -2.31. The molecule has 2 heterocycles. The number of aromatic nitrogens is 2. The van der Waals surface area contributed by atoms with Gasteiger partial charge in [-0.15, -0.1) is 0 Å². The van der Waals surface area contributed by atoms with Crippen LogP contribution < -0.4 is 10.6 Å². The molecule has 1 aliphatic rings.